The number of morpholine rings is 1. The number of carbonyl (C=O) groups excluding carboxylic acids is 1. The van der Waals surface area contributed by atoms with Crippen molar-refractivity contribution in [2.75, 3.05) is 33.4 Å². The largest absolute Gasteiger partial charge is 0.481 e. The predicted octanol–water partition coefficient (Wildman–Crippen LogP) is 0.624. The highest BCUT2D eigenvalue weighted by Crippen LogP contribution is 2.29. The van der Waals surface area contributed by atoms with Gasteiger partial charge in [0.15, 0.2) is 0 Å². The summed E-state index contributed by atoms with van der Waals surface area (Å²) in [7, 11) is 1.79. The molecule has 2 fully saturated rings. The monoisotopic (exact) mass is 256 g/mol. The maximum absolute atomic E-state index is 12.3. The van der Waals surface area contributed by atoms with Gasteiger partial charge in [-0.2, -0.15) is 0 Å². The molecule has 18 heavy (non-hydrogen) atoms. The van der Waals surface area contributed by atoms with Crippen LogP contribution in [0.1, 0.15) is 19.3 Å². The number of aliphatic carboxylic acids is 1. The number of nitrogens with zero attached hydrogens (tertiary/aromatic N) is 2. The van der Waals surface area contributed by atoms with E-state index in [1.54, 1.807) is 16.8 Å². The maximum atomic E-state index is 12.3. The second kappa shape index (κ2) is 5.56. The molecule has 1 aliphatic carbocycles. The lowest BCUT2D eigenvalue weighted by Gasteiger charge is -2.37. The number of amides is 2. The molecule has 1 N–H and O–H groups in total. The van der Waals surface area contributed by atoms with Crippen molar-refractivity contribution in [2.24, 2.45) is 5.92 Å². The molecule has 1 heterocycles. The summed E-state index contributed by atoms with van der Waals surface area (Å²) in [6.07, 6.45) is 2.33. The number of hydrogen-bond acceptors (Lipinski definition) is 3. The highest BCUT2D eigenvalue weighted by atomic mass is 16.5. The highest BCUT2D eigenvalue weighted by Gasteiger charge is 2.32. The normalized spacial score (nSPS) is 23.8. The molecule has 2 aliphatic rings. The number of carbonyl (C=O) groups is 2. The van der Waals surface area contributed by atoms with Crippen molar-refractivity contribution in [1.82, 2.24) is 9.80 Å². The van der Waals surface area contributed by atoms with Crippen LogP contribution in [-0.2, 0) is 9.53 Å². The zero-order valence-electron chi connectivity index (χ0n) is 10.7. The van der Waals surface area contributed by atoms with Crippen molar-refractivity contribution in [1.29, 1.82) is 0 Å². The maximum Gasteiger partial charge on any atom is 0.320 e. The van der Waals surface area contributed by atoms with Crippen molar-refractivity contribution in [3.8, 4) is 0 Å². The van der Waals surface area contributed by atoms with Crippen molar-refractivity contribution in [3.05, 3.63) is 0 Å². The number of hydrogen-bond donors (Lipinski definition) is 1. The van der Waals surface area contributed by atoms with Gasteiger partial charge in [0.2, 0.25) is 0 Å². The van der Waals surface area contributed by atoms with Crippen LogP contribution in [0.3, 0.4) is 0 Å². The van der Waals surface area contributed by atoms with Gasteiger partial charge in [0.1, 0.15) is 0 Å². The van der Waals surface area contributed by atoms with E-state index in [1.807, 2.05) is 0 Å². The van der Waals surface area contributed by atoms with Crippen LogP contribution >= 0.6 is 0 Å². The summed E-state index contributed by atoms with van der Waals surface area (Å²) in [5, 5.41) is 8.85. The molecule has 0 spiro atoms. The smallest absolute Gasteiger partial charge is 0.320 e. The summed E-state index contributed by atoms with van der Waals surface area (Å²) in [5.74, 6) is -0.258. The average molecular weight is 256 g/mol. The fourth-order valence-corrected chi connectivity index (χ4v) is 2.26. The van der Waals surface area contributed by atoms with Crippen LogP contribution in [0.15, 0.2) is 0 Å². The van der Waals surface area contributed by atoms with Gasteiger partial charge in [0.25, 0.3) is 0 Å². The quantitative estimate of drug-likeness (QED) is 0.800. The average Bonchev–Trinajstić information content (AvgIpc) is 3.12. The standard InChI is InChI=1S/C12H20N2O4/c1-13(7-9-2-3-9)12(17)14-4-5-18-8-10(14)6-11(15)16/h9-10H,2-8H2,1H3,(H,15,16). The number of urea groups is 1. The molecule has 6 nitrogen and oxygen atoms in total. The van der Waals surface area contributed by atoms with Crippen LogP contribution in [-0.4, -0.2) is 66.3 Å². The van der Waals surface area contributed by atoms with Crippen molar-refractivity contribution in [2.45, 2.75) is 25.3 Å². The lowest BCUT2D eigenvalue weighted by molar-refractivity contribution is -0.139. The molecule has 6 heteroatoms. The fourth-order valence-electron chi connectivity index (χ4n) is 2.26. The second-order valence-electron chi connectivity index (χ2n) is 5.13. The van der Waals surface area contributed by atoms with E-state index < -0.39 is 5.97 Å². The molecule has 2 rings (SSSR count). The van der Waals surface area contributed by atoms with E-state index >= 15 is 0 Å². The summed E-state index contributed by atoms with van der Waals surface area (Å²) in [6, 6.07) is -0.415. The lowest BCUT2D eigenvalue weighted by Crippen LogP contribution is -2.53. The van der Waals surface area contributed by atoms with E-state index in [-0.39, 0.29) is 18.5 Å². The zero-order chi connectivity index (χ0) is 13.1. The highest BCUT2D eigenvalue weighted by molar-refractivity contribution is 5.76. The Bertz CT molecular complexity index is 330. The van der Waals surface area contributed by atoms with Crippen molar-refractivity contribution in [3.63, 3.8) is 0 Å². The van der Waals surface area contributed by atoms with Gasteiger partial charge in [-0.3, -0.25) is 4.79 Å². The minimum atomic E-state index is -0.895. The van der Waals surface area contributed by atoms with Gasteiger partial charge in [-0.05, 0) is 18.8 Å². The van der Waals surface area contributed by atoms with E-state index in [0.29, 0.717) is 25.7 Å². The Hall–Kier alpha value is -1.30. The Morgan fingerprint density at radius 1 is 1.44 bits per heavy atom. The molecular weight excluding hydrogens is 236 g/mol. The Balaban J connectivity index is 1.93. The van der Waals surface area contributed by atoms with E-state index in [4.69, 9.17) is 9.84 Å². The first-order chi connectivity index (χ1) is 8.58. The Labute approximate surface area is 106 Å². The SMILES string of the molecule is CN(CC1CC1)C(=O)N1CCOCC1CC(=O)O. The Kier molecular flexibility index (Phi) is 4.06. The topological polar surface area (TPSA) is 70.1 Å². The van der Waals surface area contributed by atoms with E-state index in [0.717, 1.165) is 6.54 Å². The molecule has 1 saturated carbocycles. The molecule has 0 radical (unpaired) electrons. The van der Waals surface area contributed by atoms with Crippen LogP contribution in [0.2, 0.25) is 0 Å². The third-order valence-corrected chi connectivity index (χ3v) is 3.44. The molecule has 0 bridgehead atoms. The van der Waals surface area contributed by atoms with E-state index in [9.17, 15) is 9.59 Å². The van der Waals surface area contributed by atoms with Crippen LogP contribution < -0.4 is 0 Å². The first-order valence-electron chi connectivity index (χ1n) is 6.39. The Morgan fingerprint density at radius 2 is 2.17 bits per heavy atom. The van der Waals surface area contributed by atoms with Crippen LogP contribution in [0.25, 0.3) is 0 Å². The van der Waals surface area contributed by atoms with Crippen LogP contribution in [0.5, 0.6) is 0 Å². The van der Waals surface area contributed by atoms with Crippen molar-refractivity contribution < 1.29 is 19.4 Å². The molecule has 2 amide bonds. The predicted molar refractivity (Wildman–Crippen MR) is 64.3 cm³/mol. The van der Waals surface area contributed by atoms with Crippen LogP contribution in [0, 0.1) is 5.92 Å². The van der Waals surface area contributed by atoms with E-state index in [2.05, 4.69) is 0 Å². The molecule has 1 aliphatic heterocycles. The number of carboxylic acids is 1. The zero-order valence-corrected chi connectivity index (χ0v) is 10.7. The van der Waals surface area contributed by atoms with E-state index in [1.165, 1.54) is 12.8 Å². The van der Waals surface area contributed by atoms with Crippen molar-refractivity contribution >= 4 is 12.0 Å². The third-order valence-electron chi connectivity index (χ3n) is 3.44. The van der Waals surface area contributed by atoms with Gasteiger partial charge in [0, 0.05) is 20.1 Å². The molecule has 0 aromatic heterocycles. The number of carboxylic acid groups (broad SMARTS) is 1. The summed E-state index contributed by atoms with van der Waals surface area (Å²) in [6.45, 7) is 2.05. The van der Waals surface area contributed by atoms with Gasteiger partial charge >= 0.3 is 12.0 Å². The van der Waals surface area contributed by atoms with Gasteiger partial charge in [-0.25, -0.2) is 4.79 Å². The molecule has 1 atom stereocenters. The van der Waals surface area contributed by atoms with Gasteiger partial charge in [-0.1, -0.05) is 0 Å². The third kappa shape index (κ3) is 3.35. The molecule has 0 aromatic rings. The molecule has 1 saturated heterocycles. The second-order valence-corrected chi connectivity index (χ2v) is 5.13. The summed E-state index contributed by atoms with van der Waals surface area (Å²) < 4.78 is 5.26. The molecule has 102 valence electrons. The first-order valence-corrected chi connectivity index (χ1v) is 6.39. The number of rotatable bonds is 4. The minimum absolute atomic E-state index is 0.0526. The summed E-state index contributed by atoms with van der Waals surface area (Å²) in [4.78, 5) is 26.4. The summed E-state index contributed by atoms with van der Waals surface area (Å²) >= 11 is 0. The number of ether oxygens (including phenoxy) is 1. The van der Waals surface area contributed by atoms with Gasteiger partial charge < -0.3 is 19.6 Å². The first kappa shape index (κ1) is 13.1. The lowest BCUT2D eigenvalue weighted by atomic mass is 10.1. The fraction of sp³-hybridized carbons (Fsp3) is 0.833. The molecule has 0 aromatic carbocycles. The summed E-state index contributed by atoms with van der Waals surface area (Å²) in [5.41, 5.74) is 0. The van der Waals surface area contributed by atoms with Gasteiger partial charge in [-0.15, -0.1) is 0 Å². The minimum Gasteiger partial charge on any atom is -0.481 e. The molecule has 1 unspecified atom stereocenters. The van der Waals surface area contributed by atoms with Crippen LogP contribution in [0.4, 0.5) is 4.79 Å². The Morgan fingerprint density at radius 3 is 2.78 bits per heavy atom. The molecular formula is C12H20N2O4. The van der Waals surface area contributed by atoms with Gasteiger partial charge in [0.05, 0.1) is 25.7 Å².